The van der Waals surface area contributed by atoms with Crippen molar-refractivity contribution in [2.75, 3.05) is 70.8 Å². The maximum absolute atomic E-state index is 13.0. The average molecular weight is 781 g/mol. The SMILES string of the molecule is CC(C)(C)OC(=O)CN(CCN(CCN(CC(=O)OC(C)(C)C)CC(=O)OC(C)(C)C)CC(=O)OCCCCCCBr)CC(=O)OC(C)(C)C. The number of nitrogens with zero attached hydrogens (tertiary/aromatic N) is 3. The monoisotopic (exact) mass is 779 g/mol. The fourth-order valence-corrected chi connectivity index (χ4v) is 4.85. The first-order valence-corrected chi connectivity index (χ1v) is 18.6. The van der Waals surface area contributed by atoms with Gasteiger partial charge in [-0.15, -0.1) is 0 Å². The molecule has 0 spiro atoms. The number of alkyl halides is 1. The summed E-state index contributed by atoms with van der Waals surface area (Å²) in [6.07, 6.45) is 3.77. The van der Waals surface area contributed by atoms with Gasteiger partial charge in [0, 0.05) is 31.5 Å². The molecule has 0 fully saturated rings. The third kappa shape index (κ3) is 29.4. The van der Waals surface area contributed by atoms with Crippen LogP contribution in [0.1, 0.15) is 109 Å². The van der Waals surface area contributed by atoms with Crippen LogP contribution in [0.3, 0.4) is 0 Å². The van der Waals surface area contributed by atoms with Gasteiger partial charge >= 0.3 is 29.8 Å². The molecule has 0 aromatic carbocycles. The predicted octanol–water partition coefficient (Wildman–Crippen LogP) is 4.76. The van der Waals surface area contributed by atoms with Crippen molar-refractivity contribution in [2.24, 2.45) is 0 Å². The number of hydrogen-bond acceptors (Lipinski definition) is 13. The Hall–Kier alpha value is -2.29. The first-order valence-electron chi connectivity index (χ1n) is 17.5. The summed E-state index contributed by atoms with van der Waals surface area (Å²) in [6, 6.07) is 0. The Labute approximate surface area is 309 Å². The zero-order valence-electron chi connectivity index (χ0n) is 32.9. The number of carbonyl (C=O) groups excluding carboxylic acids is 5. The van der Waals surface area contributed by atoms with E-state index in [1.165, 1.54) is 0 Å². The van der Waals surface area contributed by atoms with Gasteiger partial charge in [-0.1, -0.05) is 28.8 Å². The van der Waals surface area contributed by atoms with E-state index >= 15 is 0 Å². The Bertz CT molecular complexity index is 930. The standard InChI is InChI=1S/C36H66BrN3O10/c1-33(2,3)47-29(42)24-39(25-30(43)48-34(4,5)6)20-18-38(23-28(41)46-22-16-14-13-15-17-37)19-21-40(26-31(44)49-35(7,8)9)27-32(45)50-36(10,11)12/h13-27H2,1-12H3. The number of ether oxygens (including phenoxy) is 5. The van der Waals surface area contributed by atoms with Gasteiger partial charge in [-0.25, -0.2) is 0 Å². The molecule has 0 aliphatic heterocycles. The minimum absolute atomic E-state index is 0.0825. The van der Waals surface area contributed by atoms with Crippen molar-refractivity contribution >= 4 is 45.8 Å². The van der Waals surface area contributed by atoms with Crippen LogP contribution in [-0.2, 0) is 47.7 Å². The molecule has 0 radical (unpaired) electrons. The molecule has 0 saturated carbocycles. The molecule has 0 N–H and O–H groups in total. The van der Waals surface area contributed by atoms with Crippen LogP contribution >= 0.6 is 15.9 Å². The zero-order chi connectivity index (χ0) is 38.8. The van der Waals surface area contributed by atoms with Crippen LogP contribution in [0.5, 0.6) is 0 Å². The quantitative estimate of drug-likeness (QED) is 0.0646. The summed E-state index contributed by atoms with van der Waals surface area (Å²) in [5, 5.41) is 0.930. The van der Waals surface area contributed by atoms with Gasteiger partial charge in [-0.3, -0.25) is 38.7 Å². The molecule has 0 heterocycles. The van der Waals surface area contributed by atoms with E-state index < -0.39 is 52.3 Å². The topological polar surface area (TPSA) is 141 Å². The number of unbranched alkanes of at least 4 members (excludes halogenated alkanes) is 3. The highest BCUT2D eigenvalue weighted by Gasteiger charge is 2.27. The van der Waals surface area contributed by atoms with E-state index in [0.717, 1.165) is 31.0 Å². The summed E-state index contributed by atoms with van der Waals surface area (Å²) in [6.45, 7) is 21.6. The van der Waals surface area contributed by atoms with E-state index in [4.69, 9.17) is 23.7 Å². The Morgan fingerprint density at radius 1 is 0.420 bits per heavy atom. The normalized spacial score (nSPS) is 12.6. The second-order valence-corrected chi connectivity index (χ2v) is 17.2. The third-order valence-corrected chi connectivity index (χ3v) is 6.76. The lowest BCUT2D eigenvalue weighted by atomic mass is 10.2. The van der Waals surface area contributed by atoms with Gasteiger partial charge in [0.15, 0.2) is 0 Å². The predicted molar refractivity (Wildman–Crippen MR) is 196 cm³/mol. The van der Waals surface area contributed by atoms with Gasteiger partial charge in [0.25, 0.3) is 0 Å². The lowest BCUT2D eigenvalue weighted by Crippen LogP contribution is -2.47. The molecule has 50 heavy (non-hydrogen) atoms. The van der Waals surface area contributed by atoms with Gasteiger partial charge in [0.1, 0.15) is 22.4 Å². The van der Waals surface area contributed by atoms with Gasteiger partial charge in [-0.05, 0) is 95.9 Å². The van der Waals surface area contributed by atoms with E-state index in [-0.39, 0.29) is 58.9 Å². The molecule has 0 aliphatic carbocycles. The largest absolute Gasteiger partial charge is 0.465 e. The van der Waals surface area contributed by atoms with Crippen LogP contribution in [0.4, 0.5) is 0 Å². The second-order valence-electron chi connectivity index (χ2n) is 16.4. The third-order valence-electron chi connectivity index (χ3n) is 6.20. The van der Waals surface area contributed by atoms with Crippen molar-refractivity contribution in [3.05, 3.63) is 0 Å². The van der Waals surface area contributed by atoms with Gasteiger partial charge in [0.05, 0.1) is 39.3 Å². The first-order chi connectivity index (χ1) is 22.8. The Morgan fingerprint density at radius 3 is 1.00 bits per heavy atom. The lowest BCUT2D eigenvalue weighted by molar-refractivity contribution is -0.162. The van der Waals surface area contributed by atoms with Crippen molar-refractivity contribution in [3.8, 4) is 0 Å². The molecular formula is C36H66BrN3O10. The summed E-state index contributed by atoms with van der Waals surface area (Å²) < 4.78 is 27.6. The maximum Gasteiger partial charge on any atom is 0.320 e. The summed E-state index contributed by atoms with van der Waals surface area (Å²) >= 11 is 3.42. The van der Waals surface area contributed by atoms with Gasteiger partial charge in [0.2, 0.25) is 0 Å². The molecule has 0 amide bonds. The Morgan fingerprint density at radius 2 is 0.700 bits per heavy atom. The number of halogens is 1. The van der Waals surface area contributed by atoms with Gasteiger partial charge < -0.3 is 23.7 Å². The Balaban J connectivity index is 6.02. The first kappa shape index (κ1) is 47.7. The molecule has 13 nitrogen and oxygen atoms in total. The van der Waals surface area contributed by atoms with Crippen molar-refractivity contribution in [3.63, 3.8) is 0 Å². The van der Waals surface area contributed by atoms with Crippen molar-refractivity contribution in [1.29, 1.82) is 0 Å². The maximum atomic E-state index is 13.0. The fraction of sp³-hybridized carbons (Fsp3) is 0.861. The molecule has 14 heteroatoms. The molecule has 292 valence electrons. The van der Waals surface area contributed by atoms with E-state index in [0.29, 0.717) is 6.61 Å². The highest BCUT2D eigenvalue weighted by atomic mass is 79.9. The van der Waals surface area contributed by atoms with Crippen LogP contribution in [0.2, 0.25) is 0 Å². The van der Waals surface area contributed by atoms with E-state index in [1.54, 1.807) is 92.9 Å². The molecular weight excluding hydrogens is 714 g/mol. The molecule has 0 aliphatic rings. The van der Waals surface area contributed by atoms with Gasteiger partial charge in [-0.2, -0.15) is 0 Å². The Kier molecular flexibility index (Phi) is 21.6. The molecule has 0 bridgehead atoms. The van der Waals surface area contributed by atoms with Crippen LogP contribution in [0.25, 0.3) is 0 Å². The smallest absolute Gasteiger partial charge is 0.320 e. The summed E-state index contributed by atoms with van der Waals surface area (Å²) in [5.41, 5.74) is -2.87. The molecule has 0 rings (SSSR count). The van der Waals surface area contributed by atoms with E-state index in [9.17, 15) is 24.0 Å². The number of esters is 5. The lowest BCUT2D eigenvalue weighted by Gasteiger charge is -2.30. The van der Waals surface area contributed by atoms with Crippen LogP contribution < -0.4 is 0 Å². The number of rotatable bonds is 22. The minimum atomic E-state index is -0.718. The van der Waals surface area contributed by atoms with E-state index in [2.05, 4.69) is 15.9 Å². The van der Waals surface area contributed by atoms with Crippen molar-refractivity contribution in [1.82, 2.24) is 14.7 Å². The minimum Gasteiger partial charge on any atom is -0.465 e. The van der Waals surface area contributed by atoms with E-state index in [1.807, 2.05) is 4.90 Å². The number of hydrogen-bond donors (Lipinski definition) is 0. The number of carbonyl (C=O) groups is 5. The highest BCUT2D eigenvalue weighted by Crippen LogP contribution is 2.12. The summed E-state index contributed by atoms with van der Waals surface area (Å²) in [7, 11) is 0. The summed E-state index contributed by atoms with van der Waals surface area (Å²) in [5.74, 6) is -2.46. The van der Waals surface area contributed by atoms with Crippen molar-refractivity contribution in [2.45, 2.75) is 131 Å². The van der Waals surface area contributed by atoms with Crippen LogP contribution in [0.15, 0.2) is 0 Å². The van der Waals surface area contributed by atoms with Crippen LogP contribution in [0, 0.1) is 0 Å². The molecule has 0 aromatic rings. The molecule has 0 saturated heterocycles. The molecule has 0 atom stereocenters. The van der Waals surface area contributed by atoms with Crippen molar-refractivity contribution < 1.29 is 47.7 Å². The van der Waals surface area contributed by atoms with Crippen LogP contribution in [-0.4, -0.2) is 138 Å². The molecule has 0 unspecified atom stereocenters. The highest BCUT2D eigenvalue weighted by molar-refractivity contribution is 9.09. The average Bonchev–Trinajstić information content (AvgIpc) is 2.87. The summed E-state index contributed by atoms with van der Waals surface area (Å²) in [4.78, 5) is 69.2. The second kappa shape index (κ2) is 22.6. The zero-order valence-corrected chi connectivity index (χ0v) is 34.5. The molecule has 0 aromatic heterocycles. The fourth-order valence-electron chi connectivity index (χ4n) is 4.45.